The van der Waals surface area contributed by atoms with Gasteiger partial charge in [-0.15, -0.1) is 11.7 Å². The minimum Gasteiger partial charge on any atom is -0.365 e. The molecule has 1 aliphatic carbocycles. The molecular formula is C13H21N5. The Hall–Kier alpha value is -1.65. The van der Waals surface area contributed by atoms with Gasteiger partial charge in [0.1, 0.15) is 0 Å². The van der Waals surface area contributed by atoms with E-state index in [0.29, 0.717) is 18.5 Å². The van der Waals surface area contributed by atoms with Crippen LogP contribution in [-0.4, -0.2) is 27.8 Å². The second-order valence-electron chi connectivity index (χ2n) is 4.67. The molecule has 5 nitrogen and oxygen atoms in total. The van der Waals surface area contributed by atoms with Gasteiger partial charge in [0.2, 0.25) is 5.95 Å². The third kappa shape index (κ3) is 3.98. The highest BCUT2D eigenvalue weighted by Gasteiger charge is 2.13. The first kappa shape index (κ1) is 12.8. The summed E-state index contributed by atoms with van der Waals surface area (Å²) >= 11 is 0. The maximum absolute atomic E-state index is 4.39. The average molecular weight is 247 g/mol. The summed E-state index contributed by atoms with van der Waals surface area (Å²) in [4.78, 5) is 4.39. The predicted octanol–water partition coefficient (Wildman–Crippen LogP) is 2.60. The van der Waals surface area contributed by atoms with Crippen LogP contribution in [0, 0.1) is 0 Å². The molecule has 0 aromatic carbocycles. The maximum Gasteiger partial charge on any atom is 0.244 e. The van der Waals surface area contributed by atoms with Crippen LogP contribution < -0.4 is 10.6 Å². The molecule has 0 saturated heterocycles. The Kier molecular flexibility index (Phi) is 4.93. The van der Waals surface area contributed by atoms with Gasteiger partial charge in [0.25, 0.3) is 0 Å². The molecule has 1 aliphatic rings. The summed E-state index contributed by atoms with van der Waals surface area (Å²) in [5.74, 6) is 1.36. The van der Waals surface area contributed by atoms with E-state index in [0.717, 1.165) is 5.82 Å². The van der Waals surface area contributed by atoms with Crippen LogP contribution in [0.1, 0.15) is 38.5 Å². The lowest BCUT2D eigenvalue weighted by Crippen LogP contribution is -2.20. The molecule has 0 atom stereocenters. The van der Waals surface area contributed by atoms with Gasteiger partial charge in [-0.25, -0.2) is 0 Å². The highest BCUT2D eigenvalue weighted by molar-refractivity contribution is 5.37. The van der Waals surface area contributed by atoms with Crippen LogP contribution in [0.3, 0.4) is 0 Å². The molecule has 0 radical (unpaired) electrons. The summed E-state index contributed by atoms with van der Waals surface area (Å²) in [6, 6.07) is 0.490. The highest BCUT2D eigenvalue weighted by atomic mass is 15.3. The molecule has 0 unspecified atom stereocenters. The van der Waals surface area contributed by atoms with E-state index in [-0.39, 0.29) is 0 Å². The van der Waals surface area contributed by atoms with Gasteiger partial charge in [-0.1, -0.05) is 31.8 Å². The fourth-order valence-electron chi connectivity index (χ4n) is 2.23. The Morgan fingerprint density at radius 3 is 2.78 bits per heavy atom. The summed E-state index contributed by atoms with van der Waals surface area (Å²) < 4.78 is 0. The molecule has 1 aromatic rings. The van der Waals surface area contributed by atoms with Gasteiger partial charge < -0.3 is 10.6 Å². The highest BCUT2D eigenvalue weighted by Crippen LogP contribution is 2.19. The van der Waals surface area contributed by atoms with E-state index in [9.17, 15) is 0 Å². The quantitative estimate of drug-likeness (QED) is 0.618. The van der Waals surface area contributed by atoms with Gasteiger partial charge in [-0.05, 0) is 12.8 Å². The van der Waals surface area contributed by atoms with Gasteiger partial charge in [0.15, 0.2) is 5.82 Å². The van der Waals surface area contributed by atoms with Crippen LogP contribution in [0.5, 0.6) is 0 Å². The molecule has 0 aliphatic heterocycles. The lowest BCUT2D eigenvalue weighted by atomic mass is 10.1. The minimum atomic E-state index is 0.490. The van der Waals surface area contributed by atoms with E-state index < -0.39 is 0 Å². The van der Waals surface area contributed by atoms with Crippen molar-refractivity contribution < 1.29 is 0 Å². The molecule has 0 bridgehead atoms. The standard InChI is InChI=1S/C13H21N5/c1-2-9-14-12-10-15-18-13(17-12)16-11-7-5-3-4-6-8-11/h2,10-11H,1,3-9H2,(H2,14,16,17,18). The van der Waals surface area contributed by atoms with E-state index in [4.69, 9.17) is 0 Å². The molecule has 1 saturated carbocycles. The summed E-state index contributed by atoms with van der Waals surface area (Å²) in [5, 5.41) is 14.5. The molecule has 2 N–H and O–H groups in total. The zero-order chi connectivity index (χ0) is 12.6. The number of nitrogens with one attached hydrogen (secondary N) is 2. The summed E-state index contributed by atoms with van der Waals surface area (Å²) in [5.41, 5.74) is 0. The second-order valence-corrected chi connectivity index (χ2v) is 4.67. The SMILES string of the molecule is C=CCNc1cnnc(NC2CCCCCC2)n1. The Morgan fingerprint density at radius 1 is 1.28 bits per heavy atom. The third-order valence-corrected chi connectivity index (χ3v) is 3.17. The number of hydrogen-bond donors (Lipinski definition) is 2. The van der Waals surface area contributed by atoms with E-state index in [1.54, 1.807) is 12.3 Å². The van der Waals surface area contributed by atoms with Gasteiger partial charge in [-0.2, -0.15) is 10.1 Å². The molecule has 2 rings (SSSR count). The summed E-state index contributed by atoms with van der Waals surface area (Å²) in [7, 11) is 0. The Bertz CT molecular complexity index is 371. The number of hydrogen-bond acceptors (Lipinski definition) is 5. The minimum absolute atomic E-state index is 0.490. The lowest BCUT2D eigenvalue weighted by molar-refractivity contribution is 0.613. The van der Waals surface area contributed by atoms with Crippen LogP contribution in [0.25, 0.3) is 0 Å². The largest absolute Gasteiger partial charge is 0.365 e. The maximum atomic E-state index is 4.39. The van der Waals surface area contributed by atoms with E-state index in [2.05, 4.69) is 32.4 Å². The van der Waals surface area contributed by atoms with Crippen molar-refractivity contribution in [2.45, 2.75) is 44.6 Å². The Balaban J connectivity index is 1.92. The molecule has 98 valence electrons. The Labute approximate surface area is 108 Å². The summed E-state index contributed by atoms with van der Waals surface area (Å²) in [6.45, 7) is 4.34. The molecule has 18 heavy (non-hydrogen) atoms. The van der Waals surface area contributed by atoms with Crippen molar-refractivity contribution in [3.8, 4) is 0 Å². The van der Waals surface area contributed by atoms with Crippen molar-refractivity contribution in [2.75, 3.05) is 17.2 Å². The predicted molar refractivity (Wildman–Crippen MR) is 73.6 cm³/mol. The fourth-order valence-corrected chi connectivity index (χ4v) is 2.23. The fraction of sp³-hybridized carbons (Fsp3) is 0.615. The lowest BCUT2D eigenvalue weighted by Gasteiger charge is -2.15. The van der Waals surface area contributed by atoms with E-state index >= 15 is 0 Å². The number of aromatic nitrogens is 3. The van der Waals surface area contributed by atoms with Crippen molar-refractivity contribution in [2.24, 2.45) is 0 Å². The smallest absolute Gasteiger partial charge is 0.244 e. The van der Waals surface area contributed by atoms with Crippen LogP contribution in [0.2, 0.25) is 0 Å². The van der Waals surface area contributed by atoms with Crippen molar-refractivity contribution in [3.05, 3.63) is 18.9 Å². The topological polar surface area (TPSA) is 62.7 Å². The molecular weight excluding hydrogens is 226 g/mol. The summed E-state index contributed by atoms with van der Waals surface area (Å²) in [6.07, 6.45) is 11.1. The van der Waals surface area contributed by atoms with Gasteiger partial charge in [0, 0.05) is 12.6 Å². The molecule has 0 spiro atoms. The van der Waals surface area contributed by atoms with Crippen molar-refractivity contribution in [3.63, 3.8) is 0 Å². The van der Waals surface area contributed by atoms with Crippen molar-refractivity contribution >= 4 is 11.8 Å². The molecule has 0 amide bonds. The first-order valence-corrected chi connectivity index (χ1v) is 6.69. The molecule has 1 fully saturated rings. The molecule has 5 heteroatoms. The van der Waals surface area contributed by atoms with Gasteiger partial charge in [-0.3, -0.25) is 0 Å². The molecule has 1 aromatic heterocycles. The zero-order valence-corrected chi connectivity index (χ0v) is 10.7. The van der Waals surface area contributed by atoms with E-state index in [1.807, 2.05) is 0 Å². The third-order valence-electron chi connectivity index (χ3n) is 3.17. The number of rotatable bonds is 5. The van der Waals surface area contributed by atoms with Gasteiger partial charge in [0.05, 0.1) is 6.20 Å². The van der Waals surface area contributed by atoms with Crippen molar-refractivity contribution in [1.82, 2.24) is 15.2 Å². The van der Waals surface area contributed by atoms with Crippen LogP contribution in [0.4, 0.5) is 11.8 Å². The van der Waals surface area contributed by atoms with E-state index in [1.165, 1.54) is 38.5 Å². The number of anilines is 2. The van der Waals surface area contributed by atoms with Crippen LogP contribution in [0.15, 0.2) is 18.9 Å². The van der Waals surface area contributed by atoms with Gasteiger partial charge >= 0.3 is 0 Å². The zero-order valence-electron chi connectivity index (χ0n) is 10.7. The average Bonchev–Trinajstić information content (AvgIpc) is 2.65. The monoisotopic (exact) mass is 247 g/mol. The Morgan fingerprint density at radius 2 is 2.06 bits per heavy atom. The van der Waals surface area contributed by atoms with Crippen LogP contribution in [-0.2, 0) is 0 Å². The van der Waals surface area contributed by atoms with Crippen molar-refractivity contribution in [1.29, 1.82) is 0 Å². The first-order chi connectivity index (χ1) is 8.88. The first-order valence-electron chi connectivity index (χ1n) is 6.69. The molecule has 1 heterocycles. The second kappa shape index (κ2) is 6.93. The van der Waals surface area contributed by atoms with Crippen LogP contribution >= 0.6 is 0 Å². The normalized spacial score (nSPS) is 16.9. The number of nitrogens with zero attached hydrogens (tertiary/aromatic N) is 3.